The molecule has 1 amide bonds. The number of nitrogens with two attached hydrogens (primary N) is 1. The molecule has 7 heteroatoms. The molecule has 1 heterocycles. The van der Waals surface area contributed by atoms with Crippen LogP contribution >= 0.6 is 11.3 Å². The van der Waals surface area contributed by atoms with Gasteiger partial charge in [0.05, 0.1) is 5.69 Å². The molecule has 0 saturated heterocycles. The van der Waals surface area contributed by atoms with E-state index in [4.69, 9.17) is 15.2 Å². The molecule has 0 radical (unpaired) electrons. The highest BCUT2D eigenvalue weighted by molar-refractivity contribution is 7.17. The number of nitrogens with zero attached hydrogens (tertiary/aromatic N) is 1. The summed E-state index contributed by atoms with van der Waals surface area (Å²) in [6.45, 7) is 1.67. The van der Waals surface area contributed by atoms with Crippen LogP contribution in [0.25, 0.3) is 10.6 Å². The average Bonchev–Trinajstić information content (AvgIpc) is 3.07. The summed E-state index contributed by atoms with van der Waals surface area (Å²) < 4.78 is 10.7. The Morgan fingerprint density at radius 3 is 2.63 bits per heavy atom. The Hall–Kier alpha value is -3.19. The molecule has 0 aliphatic carbocycles. The number of thiazole rings is 1. The normalized spacial score (nSPS) is 10.4. The summed E-state index contributed by atoms with van der Waals surface area (Å²) in [6, 6.07) is 16.6. The molecule has 0 aliphatic rings. The fourth-order valence-corrected chi connectivity index (χ4v) is 3.35. The largest absolute Gasteiger partial charge is 0.484 e. The first-order chi connectivity index (χ1) is 13.0. The summed E-state index contributed by atoms with van der Waals surface area (Å²) in [6.07, 6.45) is 0. The first-order valence-electron chi connectivity index (χ1n) is 8.23. The molecule has 0 fully saturated rings. The second-order valence-electron chi connectivity index (χ2n) is 5.78. The van der Waals surface area contributed by atoms with Crippen molar-refractivity contribution in [2.45, 2.75) is 13.5 Å². The van der Waals surface area contributed by atoms with E-state index in [-0.39, 0.29) is 13.2 Å². The van der Waals surface area contributed by atoms with Crippen LogP contribution in [0, 0.1) is 6.92 Å². The van der Waals surface area contributed by atoms with Crippen molar-refractivity contribution < 1.29 is 19.1 Å². The number of rotatable bonds is 7. The number of hydrogen-bond acceptors (Lipinski definition) is 6. The van der Waals surface area contributed by atoms with Gasteiger partial charge in [0.15, 0.2) is 6.61 Å². The van der Waals surface area contributed by atoms with Crippen molar-refractivity contribution in [2.75, 3.05) is 6.61 Å². The van der Waals surface area contributed by atoms with E-state index in [9.17, 15) is 9.59 Å². The zero-order valence-electron chi connectivity index (χ0n) is 14.7. The summed E-state index contributed by atoms with van der Waals surface area (Å²) in [7, 11) is 0. The van der Waals surface area contributed by atoms with Crippen LogP contribution in [0.15, 0.2) is 54.6 Å². The number of carbonyl (C=O) groups excluding carboxylic acids is 2. The average molecular weight is 382 g/mol. The molecule has 3 aromatic rings. The number of amides is 1. The van der Waals surface area contributed by atoms with Gasteiger partial charge in [0.1, 0.15) is 22.2 Å². The van der Waals surface area contributed by atoms with Crippen molar-refractivity contribution in [3.63, 3.8) is 0 Å². The van der Waals surface area contributed by atoms with Crippen molar-refractivity contribution in [3.8, 4) is 16.3 Å². The fourth-order valence-electron chi connectivity index (χ4n) is 2.38. The lowest BCUT2D eigenvalue weighted by Gasteiger charge is -2.07. The van der Waals surface area contributed by atoms with Gasteiger partial charge in [-0.1, -0.05) is 42.5 Å². The highest BCUT2D eigenvalue weighted by Gasteiger charge is 2.17. The van der Waals surface area contributed by atoms with E-state index in [1.807, 2.05) is 30.3 Å². The summed E-state index contributed by atoms with van der Waals surface area (Å²) in [4.78, 5) is 28.2. The Morgan fingerprint density at radius 2 is 1.89 bits per heavy atom. The summed E-state index contributed by atoms with van der Waals surface area (Å²) in [5.74, 6) is -0.486. The van der Waals surface area contributed by atoms with Gasteiger partial charge >= 0.3 is 5.97 Å². The topological polar surface area (TPSA) is 91.5 Å². The highest BCUT2D eigenvalue weighted by atomic mass is 32.1. The van der Waals surface area contributed by atoms with Crippen LogP contribution in [-0.4, -0.2) is 23.5 Å². The van der Waals surface area contributed by atoms with E-state index >= 15 is 0 Å². The van der Waals surface area contributed by atoms with E-state index in [1.54, 1.807) is 31.2 Å². The Labute approximate surface area is 160 Å². The molecule has 6 nitrogen and oxygen atoms in total. The Morgan fingerprint density at radius 1 is 1.11 bits per heavy atom. The molecule has 0 saturated carbocycles. The molecule has 0 atom stereocenters. The number of aromatic nitrogens is 1. The number of carbonyl (C=O) groups is 2. The molecule has 2 N–H and O–H groups in total. The Balaban J connectivity index is 1.65. The fraction of sp³-hybridized carbons (Fsp3) is 0.150. The van der Waals surface area contributed by atoms with Gasteiger partial charge in [0.2, 0.25) is 0 Å². The number of ether oxygens (including phenoxy) is 2. The third-order valence-electron chi connectivity index (χ3n) is 3.65. The quantitative estimate of drug-likeness (QED) is 0.633. The van der Waals surface area contributed by atoms with Gasteiger partial charge in [0, 0.05) is 5.56 Å². The van der Waals surface area contributed by atoms with E-state index < -0.39 is 11.9 Å². The van der Waals surface area contributed by atoms with Crippen LogP contribution in [0.5, 0.6) is 5.75 Å². The number of aryl methyl sites for hydroxylation is 1. The molecular weight excluding hydrogens is 364 g/mol. The molecule has 138 valence electrons. The predicted molar refractivity (Wildman–Crippen MR) is 103 cm³/mol. The van der Waals surface area contributed by atoms with Crippen LogP contribution in [0.2, 0.25) is 0 Å². The maximum absolute atomic E-state index is 12.4. The van der Waals surface area contributed by atoms with Crippen LogP contribution < -0.4 is 10.5 Å². The standard InChI is InChI=1S/C20H18N2O4S/c1-13-18(27-19(22-13)15-7-3-2-4-8-15)20(24)26-11-14-6-5-9-16(10-14)25-12-17(21)23/h2-10H,11-12H2,1H3,(H2,21,23). The number of esters is 1. The third-order valence-corrected chi connectivity index (χ3v) is 4.84. The first-order valence-corrected chi connectivity index (χ1v) is 9.04. The lowest BCUT2D eigenvalue weighted by Crippen LogP contribution is -2.20. The number of primary amides is 1. The van der Waals surface area contributed by atoms with Crippen molar-refractivity contribution in [1.29, 1.82) is 0 Å². The second kappa shape index (κ2) is 8.46. The lowest BCUT2D eigenvalue weighted by atomic mass is 10.2. The summed E-state index contributed by atoms with van der Waals surface area (Å²) in [5.41, 5.74) is 7.41. The SMILES string of the molecule is Cc1nc(-c2ccccc2)sc1C(=O)OCc1cccc(OCC(N)=O)c1. The Bertz CT molecular complexity index is 954. The molecule has 0 bridgehead atoms. The second-order valence-corrected chi connectivity index (χ2v) is 6.78. The van der Waals surface area contributed by atoms with Crippen molar-refractivity contribution in [2.24, 2.45) is 5.73 Å². The lowest BCUT2D eigenvalue weighted by molar-refractivity contribution is -0.119. The first kappa shape index (κ1) is 18.6. The van der Waals surface area contributed by atoms with Crippen LogP contribution in [-0.2, 0) is 16.1 Å². The zero-order valence-corrected chi connectivity index (χ0v) is 15.5. The molecule has 1 aromatic heterocycles. The molecule has 0 aliphatic heterocycles. The molecular formula is C20H18N2O4S. The van der Waals surface area contributed by atoms with Crippen molar-refractivity contribution >= 4 is 23.2 Å². The smallest absolute Gasteiger partial charge is 0.350 e. The van der Waals surface area contributed by atoms with Gasteiger partial charge in [-0.15, -0.1) is 11.3 Å². The van der Waals surface area contributed by atoms with E-state index in [0.717, 1.165) is 16.1 Å². The zero-order chi connectivity index (χ0) is 19.2. The van der Waals surface area contributed by atoms with E-state index in [1.165, 1.54) is 11.3 Å². The van der Waals surface area contributed by atoms with Gasteiger partial charge < -0.3 is 15.2 Å². The van der Waals surface area contributed by atoms with Crippen LogP contribution in [0.3, 0.4) is 0 Å². The maximum Gasteiger partial charge on any atom is 0.350 e. The minimum Gasteiger partial charge on any atom is -0.484 e. The van der Waals surface area contributed by atoms with Crippen LogP contribution in [0.1, 0.15) is 20.9 Å². The van der Waals surface area contributed by atoms with Gasteiger partial charge in [-0.25, -0.2) is 9.78 Å². The molecule has 0 unspecified atom stereocenters. The van der Waals surface area contributed by atoms with E-state index in [0.29, 0.717) is 16.3 Å². The minimum absolute atomic E-state index is 0.0879. The van der Waals surface area contributed by atoms with Gasteiger partial charge in [-0.05, 0) is 24.6 Å². The van der Waals surface area contributed by atoms with Gasteiger partial charge in [-0.3, -0.25) is 4.79 Å². The van der Waals surface area contributed by atoms with E-state index in [2.05, 4.69) is 4.98 Å². The molecule has 27 heavy (non-hydrogen) atoms. The van der Waals surface area contributed by atoms with Crippen LogP contribution in [0.4, 0.5) is 0 Å². The predicted octanol–water partition coefficient (Wildman–Crippen LogP) is 3.34. The van der Waals surface area contributed by atoms with Gasteiger partial charge in [-0.2, -0.15) is 0 Å². The number of hydrogen-bond donors (Lipinski definition) is 1. The summed E-state index contributed by atoms with van der Waals surface area (Å²) in [5, 5.41) is 0.780. The maximum atomic E-state index is 12.4. The Kier molecular flexibility index (Phi) is 5.83. The monoisotopic (exact) mass is 382 g/mol. The molecule has 0 spiro atoms. The van der Waals surface area contributed by atoms with Gasteiger partial charge in [0.25, 0.3) is 5.91 Å². The third kappa shape index (κ3) is 4.92. The van der Waals surface area contributed by atoms with Crippen molar-refractivity contribution in [3.05, 3.63) is 70.7 Å². The summed E-state index contributed by atoms with van der Waals surface area (Å²) >= 11 is 1.31. The minimum atomic E-state index is -0.554. The van der Waals surface area contributed by atoms with Crippen molar-refractivity contribution in [1.82, 2.24) is 4.98 Å². The molecule has 3 rings (SSSR count). The highest BCUT2D eigenvalue weighted by Crippen LogP contribution is 2.28. The number of benzene rings is 2. The molecule has 2 aromatic carbocycles.